The van der Waals surface area contributed by atoms with Crippen molar-refractivity contribution in [3.8, 4) is 11.1 Å². The van der Waals surface area contributed by atoms with Gasteiger partial charge in [0.05, 0.1) is 4.90 Å². The molecule has 0 heterocycles. The van der Waals surface area contributed by atoms with Crippen LogP contribution in [0.3, 0.4) is 0 Å². The molecule has 0 radical (unpaired) electrons. The van der Waals surface area contributed by atoms with Crippen LogP contribution in [0.25, 0.3) is 11.1 Å². The monoisotopic (exact) mass is 262 g/mol. The molecule has 0 bridgehead atoms. The molecule has 0 fully saturated rings. The highest BCUT2D eigenvalue weighted by Gasteiger charge is 2.11. The molecule has 4 nitrogen and oxygen atoms in total. The lowest BCUT2D eigenvalue weighted by Gasteiger charge is -2.09. The summed E-state index contributed by atoms with van der Waals surface area (Å²) in [4.78, 5) is 0.0858. The number of nitrogens with two attached hydrogens (primary N) is 2. The Bertz CT molecular complexity index is 652. The van der Waals surface area contributed by atoms with Crippen LogP contribution in [0.15, 0.2) is 53.4 Å². The van der Waals surface area contributed by atoms with Crippen LogP contribution < -0.4 is 10.9 Å². The molecule has 94 valence electrons. The molecular weight excluding hydrogens is 248 g/mol. The highest BCUT2D eigenvalue weighted by Crippen LogP contribution is 2.25. The SMILES string of the molecule is NCc1cc(S(N)(=O)=O)ccc1-c1ccccc1. The van der Waals surface area contributed by atoms with E-state index in [1.54, 1.807) is 6.07 Å². The van der Waals surface area contributed by atoms with Crippen LogP contribution in [-0.2, 0) is 16.6 Å². The average molecular weight is 262 g/mol. The zero-order valence-corrected chi connectivity index (χ0v) is 10.5. The zero-order valence-electron chi connectivity index (χ0n) is 9.71. The van der Waals surface area contributed by atoms with Crippen LogP contribution in [0.1, 0.15) is 5.56 Å². The summed E-state index contributed by atoms with van der Waals surface area (Å²) in [6.45, 7) is 0.258. The van der Waals surface area contributed by atoms with E-state index in [9.17, 15) is 8.42 Å². The lowest BCUT2D eigenvalue weighted by molar-refractivity contribution is 0.597. The van der Waals surface area contributed by atoms with E-state index in [2.05, 4.69) is 0 Å². The first kappa shape index (κ1) is 12.8. The second-order valence-corrected chi connectivity index (χ2v) is 5.50. The van der Waals surface area contributed by atoms with Gasteiger partial charge in [0.2, 0.25) is 10.0 Å². The van der Waals surface area contributed by atoms with Gasteiger partial charge in [-0.05, 0) is 28.8 Å². The number of primary sulfonamides is 1. The van der Waals surface area contributed by atoms with Gasteiger partial charge in [-0.25, -0.2) is 13.6 Å². The van der Waals surface area contributed by atoms with Crippen molar-refractivity contribution in [3.63, 3.8) is 0 Å². The number of sulfonamides is 1. The molecular formula is C13H14N2O2S. The van der Waals surface area contributed by atoms with Gasteiger partial charge in [0.15, 0.2) is 0 Å². The summed E-state index contributed by atoms with van der Waals surface area (Å²) >= 11 is 0. The topological polar surface area (TPSA) is 86.2 Å². The van der Waals surface area contributed by atoms with Gasteiger partial charge in [0, 0.05) is 6.54 Å². The molecule has 0 atom stereocenters. The van der Waals surface area contributed by atoms with E-state index in [1.807, 2.05) is 30.3 Å². The summed E-state index contributed by atoms with van der Waals surface area (Å²) in [5.41, 5.74) is 8.34. The van der Waals surface area contributed by atoms with Crippen molar-refractivity contribution in [1.29, 1.82) is 0 Å². The molecule has 0 spiro atoms. The third-order valence-corrected chi connectivity index (χ3v) is 3.62. The standard InChI is InChI=1S/C13H14N2O2S/c14-9-11-8-12(18(15,16)17)6-7-13(11)10-4-2-1-3-5-10/h1-8H,9,14H2,(H2,15,16,17). The predicted octanol–water partition coefficient (Wildman–Crippen LogP) is 1.46. The first-order chi connectivity index (χ1) is 8.52. The van der Waals surface area contributed by atoms with Gasteiger partial charge in [0.1, 0.15) is 0 Å². The number of hydrogen-bond donors (Lipinski definition) is 2. The van der Waals surface area contributed by atoms with Crippen molar-refractivity contribution in [2.24, 2.45) is 10.9 Å². The van der Waals surface area contributed by atoms with Crippen molar-refractivity contribution in [1.82, 2.24) is 0 Å². The summed E-state index contributed by atoms with van der Waals surface area (Å²) < 4.78 is 22.6. The summed E-state index contributed by atoms with van der Waals surface area (Å²) in [6, 6.07) is 14.4. The van der Waals surface area contributed by atoms with E-state index in [4.69, 9.17) is 10.9 Å². The van der Waals surface area contributed by atoms with E-state index in [-0.39, 0.29) is 11.4 Å². The molecule has 0 saturated carbocycles. The summed E-state index contributed by atoms with van der Waals surface area (Å²) in [7, 11) is -3.69. The molecule has 0 saturated heterocycles. The molecule has 4 N–H and O–H groups in total. The summed E-state index contributed by atoms with van der Waals surface area (Å²) in [6.07, 6.45) is 0. The second kappa shape index (κ2) is 4.89. The Hall–Kier alpha value is -1.69. The van der Waals surface area contributed by atoms with Gasteiger partial charge in [-0.2, -0.15) is 0 Å². The minimum Gasteiger partial charge on any atom is -0.326 e. The number of rotatable bonds is 3. The van der Waals surface area contributed by atoms with E-state index in [0.717, 1.165) is 16.7 Å². The van der Waals surface area contributed by atoms with Gasteiger partial charge in [0.25, 0.3) is 0 Å². The zero-order chi connectivity index (χ0) is 13.2. The van der Waals surface area contributed by atoms with Crippen molar-refractivity contribution in [2.75, 3.05) is 0 Å². The van der Waals surface area contributed by atoms with Crippen LogP contribution in [0.2, 0.25) is 0 Å². The van der Waals surface area contributed by atoms with E-state index in [1.165, 1.54) is 12.1 Å². The fraction of sp³-hybridized carbons (Fsp3) is 0.0769. The Labute approximate surface area is 106 Å². The van der Waals surface area contributed by atoms with Crippen molar-refractivity contribution in [3.05, 3.63) is 54.1 Å². The Kier molecular flexibility index (Phi) is 3.47. The Morgan fingerprint density at radius 1 is 1.00 bits per heavy atom. The Morgan fingerprint density at radius 2 is 1.67 bits per heavy atom. The van der Waals surface area contributed by atoms with E-state index >= 15 is 0 Å². The summed E-state index contributed by atoms with van der Waals surface area (Å²) in [5, 5.41) is 5.10. The maximum absolute atomic E-state index is 11.3. The van der Waals surface area contributed by atoms with Crippen LogP contribution in [-0.4, -0.2) is 8.42 Å². The predicted molar refractivity (Wildman–Crippen MR) is 71.1 cm³/mol. The quantitative estimate of drug-likeness (QED) is 0.878. The second-order valence-electron chi connectivity index (χ2n) is 3.93. The molecule has 2 aromatic carbocycles. The molecule has 0 aromatic heterocycles. The normalized spacial score (nSPS) is 11.4. The molecule has 2 aromatic rings. The fourth-order valence-corrected chi connectivity index (χ4v) is 2.38. The maximum Gasteiger partial charge on any atom is 0.238 e. The largest absolute Gasteiger partial charge is 0.326 e. The highest BCUT2D eigenvalue weighted by molar-refractivity contribution is 7.89. The number of benzene rings is 2. The molecule has 0 amide bonds. The van der Waals surface area contributed by atoms with Crippen LogP contribution in [0.5, 0.6) is 0 Å². The van der Waals surface area contributed by atoms with Crippen molar-refractivity contribution < 1.29 is 8.42 Å². The van der Waals surface area contributed by atoms with Gasteiger partial charge < -0.3 is 5.73 Å². The molecule has 5 heteroatoms. The van der Waals surface area contributed by atoms with E-state index < -0.39 is 10.0 Å². The maximum atomic E-state index is 11.3. The van der Waals surface area contributed by atoms with Crippen molar-refractivity contribution in [2.45, 2.75) is 11.4 Å². The third kappa shape index (κ3) is 2.59. The molecule has 0 unspecified atom stereocenters. The van der Waals surface area contributed by atoms with E-state index in [0.29, 0.717) is 0 Å². The van der Waals surface area contributed by atoms with Gasteiger partial charge in [-0.15, -0.1) is 0 Å². The fourth-order valence-electron chi connectivity index (χ4n) is 1.82. The minimum atomic E-state index is -3.69. The highest BCUT2D eigenvalue weighted by atomic mass is 32.2. The first-order valence-corrected chi connectivity index (χ1v) is 6.98. The summed E-state index contributed by atoms with van der Waals surface area (Å²) in [5.74, 6) is 0. The van der Waals surface area contributed by atoms with Gasteiger partial charge in [-0.1, -0.05) is 36.4 Å². The molecule has 18 heavy (non-hydrogen) atoms. The molecule has 0 aliphatic rings. The van der Waals surface area contributed by atoms with Crippen LogP contribution in [0, 0.1) is 0 Å². The van der Waals surface area contributed by atoms with Crippen LogP contribution in [0.4, 0.5) is 0 Å². The number of hydrogen-bond acceptors (Lipinski definition) is 3. The smallest absolute Gasteiger partial charge is 0.238 e. The minimum absolute atomic E-state index is 0.0858. The van der Waals surface area contributed by atoms with Gasteiger partial charge >= 0.3 is 0 Å². The molecule has 2 rings (SSSR count). The van der Waals surface area contributed by atoms with Crippen molar-refractivity contribution >= 4 is 10.0 Å². The first-order valence-electron chi connectivity index (χ1n) is 5.43. The lowest BCUT2D eigenvalue weighted by atomic mass is 10.00. The van der Waals surface area contributed by atoms with Crippen LogP contribution >= 0.6 is 0 Å². The molecule has 0 aliphatic heterocycles. The van der Waals surface area contributed by atoms with Gasteiger partial charge in [-0.3, -0.25) is 0 Å². The third-order valence-electron chi connectivity index (χ3n) is 2.71. The molecule has 0 aliphatic carbocycles. The lowest BCUT2D eigenvalue weighted by Crippen LogP contribution is -2.13. The Balaban J connectivity index is 2.58. The Morgan fingerprint density at radius 3 is 2.22 bits per heavy atom. The average Bonchev–Trinajstić information content (AvgIpc) is 2.38.